The average Bonchev–Trinajstić information content (AvgIpc) is 2.70. The smallest absolute Gasteiger partial charge is 0.261 e. The second-order valence-electron chi connectivity index (χ2n) is 9.02. The SMILES string of the molecule is CC(C)NC(=O)[C@@H](C)N(Cc1ccccc1F)C(=O)COc1ccc(C(C)(C)C)cc1. The second-order valence-corrected chi connectivity index (χ2v) is 9.02. The van der Waals surface area contributed by atoms with E-state index in [9.17, 15) is 14.0 Å². The summed E-state index contributed by atoms with van der Waals surface area (Å²) in [5, 5.41) is 2.80. The molecule has 168 valence electrons. The number of rotatable bonds is 8. The first kappa shape index (κ1) is 24.4. The molecule has 0 aliphatic rings. The quantitative estimate of drug-likeness (QED) is 0.676. The van der Waals surface area contributed by atoms with Gasteiger partial charge in [-0.3, -0.25) is 9.59 Å². The van der Waals surface area contributed by atoms with Crippen LogP contribution in [0.3, 0.4) is 0 Å². The lowest BCUT2D eigenvalue weighted by molar-refractivity contribution is -0.142. The molecule has 0 saturated carbocycles. The van der Waals surface area contributed by atoms with Gasteiger partial charge in [-0.1, -0.05) is 51.1 Å². The lowest BCUT2D eigenvalue weighted by Gasteiger charge is -2.29. The van der Waals surface area contributed by atoms with Crippen LogP contribution in [0, 0.1) is 5.82 Å². The second kappa shape index (κ2) is 10.4. The van der Waals surface area contributed by atoms with E-state index in [1.54, 1.807) is 25.1 Å². The normalized spacial score (nSPS) is 12.4. The molecule has 0 unspecified atom stereocenters. The maximum absolute atomic E-state index is 14.2. The fourth-order valence-corrected chi connectivity index (χ4v) is 3.08. The molecule has 0 aromatic heterocycles. The van der Waals surface area contributed by atoms with Gasteiger partial charge in [-0.15, -0.1) is 0 Å². The maximum Gasteiger partial charge on any atom is 0.261 e. The minimum Gasteiger partial charge on any atom is -0.484 e. The summed E-state index contributed by atoms with van der Waals surface area (Å²) < 4.78 is 19.9. The molecule has 0 aliphatic carbocycles. The number of nitrogens with zero attached hydrogens (tertiary/aromatic N) is 1. The summed E-state index contributed by atoms with van der Waals surface area (Å²) in [6, 6.07) is 13.0. The van der Waals surface area contributed by atoms with Crippen LogP contribution in [-0.2, 0) is 21.5 Å². The topological polar surface area (TPSA) is 58.6 Å². The van der Waals surface area contributed by atoms with Crippen molar-refractivity contribution in [1.29, 1.82) is 0 Å². The Kier molecular flexibility index (Phi) is 8.20. The first-order valence-electron chi connectivity index (χ1n) is 10.6. The maximum atomic E-state index is 14.2. The number of halogens is 1. The predicted octanol–water partition coefficient (Wildman–Crippen LogP) is 4.44. The van der Waals surface area contributed by atoms with Crippen LogP contribution in [0.1, 0.15) is 52.7 Å². The van der Waals surface area contributed by atoms with E-state index >= 15 is 0 Å². The number of carbonyl (C=O) groups is 2. The Morgan fingerprint density at radius 2 is 1.65 bits per heavy atom. The number of benzene rings is 2. The molecule has 2 aromatic rings. The fraction of sp³-hybridized carbons (Fsp3) is 0.440. The third kappa shape index (κ3) is 7.09. The van der Waals surface area contributed by atoms with Crippen molar-refractivity contribution in [2.45, 2.75) is 65.6 Å². The molecular formula is C25H33FN2O3. The molecule has 0 bridgehead atoms. The lowest BCUT2D eigenvalue weighted by atomic mass is 9.87. The molecule has 0 saturated heterocycles. The third-order valence-corrected chi connectivity index (χ3v) is 4.98. The first-order chi connectivity index (χ1) is 14.5. The molecule has 2 aromatic carbocycles. The Bertz CT molecular complexity index is 888. The van der Waals surface area contributed by atoms with Gasteiger partial charge in [0, 0.05) is 18.2 Å². The van der Waals surface area contributed by atoms with Gasteiger partial charge in [-0.25, -0.2) is 4.39 Å². The molecule has 1 atom stereocenters. The minimum atomic E-state index is -0.777. The standard InChI is InChI=1S/C25H33FN2O3/c1-17(2)27-24(30)18(3)28(15-19-9-7-8-10-22(19)26)23(29)16-31-21-13-11-20(12-14-21)25(4,5)6/h7-14,17-18H,15-16H2,1-6H3,(H,27,30)/t18-/m1/s1. The molecular weight excluding hydrogens is 395 g/mol. The average molecular weight is 429 g/mol. The van der Waals surface area contributed by atoms with E-state index < -0.39 is 17.8 Å². The molecule has 2 amide bonds. The van der Waals surface area contributed by atoms with Crippen molar-refractivity contribution in [3.8, 4) is 5.75 Å². The first-order valence-corrected chi connectivity index (χ1v) is 10.6. The van der Waals surface area contributed by atoms with Crippen LogP contribution in [0.15, 0.2) is 48.5 Å². The number of hydrogen-bond acceptors (Lipinski definition) is 3. The number of amides is 2. The van der Waals surface area contributed by atoms with Crippen molar-refractivity contribution in [1.82, 2.24) is 10.2 Å². The molecule has 0 radical (unpaired) electrons. The number of ether oxygens (including phenoxy) is 1. The fourth-order valence-electron chi connectivity index (χ4n) is 3.08. The van der Waals surface area contributed by atoms with Crippen molar-refractivity contribution < 1.29 is 18.7 Å². The molecule has 1 N–H and O–H groups in total. The van der Waals surface area contributed by atoms with E-state index in [1.165, 1.54) is 11.0 Å². The Morgan fingerprint density at radius 1 is 1.03 bits per heavy atom. The van der Waals surface area contributed by atoms with Crippen molar-refractivity contribution >= 4 is 11.8 Å². The number of hydrogen-bond donors (Lipinski definition) is 1. The van der Waals surface area contributed by atoms with Gasteiger partial charge in [-0.05, 0) is 49.9 Å². The van der Waals surface area contributed by atoms with Crippen molar-refractivity contribution in [2.24, 2.45) is 0 Å². The van der Waals surface area contributed by atoms with Crippen molar-refractivity contribution in [3.05, 3.63) is 65.5 Å². The van der Waals surface area contributed by atoms with Crippen molar-refractivity contribution in [2.75, 3.05) is 6.61 Å². The summed E-state index contributed by atoms with van der Waals surface area (Å²) in [6.07, 6.45) is 0. The summed E-state index contributed by atoms with van der Waals surface area (Å²) in [6.45, 7) is 11.4. The van der Waals surface area contributed by atoms with Gasteiger partial charge in [-0.2, -0.15) is 0 Å². The molecule has 0 aliphatic heterocycles. The third-order valence-electron chi connectivity index (χ3n) is 4.98. The Morgan fingerprint density at radius 3 is 2.19 bits per heavy atom. The zero-order valence-corrected chi connectivity index (χ0v) is 19.2. The lowest BCUT2D eigenvalue weighted by Crippen LogP contribution is -2.50. The summed E-state index contributed by atoms with van der Waals surface area (Å²) in [4.78, 5) is 26.9. The van der Waals surface area contributed by atoms with Crippen LogP contribution in [0.5, 0.6) is 5.75 Å². The largest absolute Gasteiger partial charge is 0.484 e. The summed E-state index contributed by atoms with van der Waals surface area (Å²) in [5.74, 6) is -0.550. The minimum absolute atomic E-state index is 0.0180. The molecule has 5 nitrogen and oxygen atoms in total. The number of nitrogens with one attached hydrogen (secondary N) is 1. The van der Waals surface area contributed by atoms with Gasteiger partial charge < -0.3 is 15.0 Å². The summed E-state index contributed by atoms with van der Waals surface area (Å²) in [7, 11) is 0. The van der Waals surface area contributed by atoms with E-state index in [2.05, 4.69) is 26.1 Å². The van der Waals surface area contributed by atoms with Crippen LogP contribution in [0.25, 0.3) is 0 Å². The van der Waals surface area contributed by atoms with Gasteiger partial charge in [0.1, 0.15) is 17.6 Å². The van der Waals surface area contributed by atoms with Gasteiger partial charge in [0.05, 0.1) is 0 Å². The Balaban J connectivity index is 2.15. The van der Waals surface area contributed by atoms with Gasteiger partial charge in [0.25, 0.3) is 5.91 Å². The van der Waals surface area contributed by atoms with E-state index in [1.807, 2.05) is 38.1 Å². The Hall–Kier alpha value is -2.89. The van der Waals surface area contributed by atoms with E-state index in [4.69, 9.17) is 4.74 Å². The summed E-state index contributed by atoms with van der Waals surface area (Å²) >= 11 is 0. The van der Waals surface area contributed by atoms with E-state index in [0.717, 1.165) is 5.56 Å². The Labute approximate surface area is 184 Å². The van der Waals surface area contributed by atoms with Gasteiger partial charge in [0.2, 0.25) is 5.91 Å². The highest BCUT2D eigenvalue weighted by Gasteiger charge is 2.27. The van der Waals surface area contributed by atoms with Crippen LogP contribution in [0.2, 0.25) is 0 Å². The van der Waals surface area contributed by atoms with Crippen LogP contribution in [0.4, 0.5) is 4.39 Å². The van der Waals surface area contributed by atoms with Gasteiger partial charge >= 0.3 is 0 Å². The zero-order valence-electron chi connectivity index (χ0n) is 19.2. The monoisotopic (exact) mass is 428 g/mol. The highest BCUT2D eigenvalue weighted by Crippen LogP contribution is 2.24. The number of carbonyl (C=O) groups excluding carboxylic acids is 2. The molecule has 6 heteroatoms. The highest BCUT2D eigenvalue weighted by molar-refractivity contribution is 5.88. The zero-order chi connectivity index (χ0) is 23.2. The molecule has 0 heterocycles. The van der Waals surface area contributed by atoms with E-state index in [-0.39, 0.29) is 30.5 Å². The van der Waals surface area contributed by atoms with Crippen LogP contribution < -0.4 is 10.1 Å². The molecule has 0 fully saturated rings. The van der Waals surface area contributed by atoms with E-state index in [0.29, 0.717) is 11.3 Å². The van der Waals surface area contributed by atoms with Crippen LogP contribution in [-0.4, -0.2) is 35.4 Å². The predicted molar refractivity (Wildman–Crippen MR) is 120 cm³/mol. The van der Waals surface area contributed by atoms with Crippen LogP contribution >= 0.6 is 0 Å². The summed E-state index contributed by atoms with van der Waals surface area (Å²) in [5.41, 5.74) is 1.52. The highest BCUT2D eigenvalue weighted by atomic mass is 19.1. The molecule has 31 heavy (non-hydrogen) atoms. The van der Waals surface area contributed by atoms with Gasteiger partial charge in [0.15, 0.2) is 6.61 Å². The molecule has 0 spiro atoms. The van der Waals surface area contributed by atoms with Crippen molar-refractivity contribution in [3.63, 3.8) is 0 Å². The molecule has 2 rings (SSSR count).